The molecule has 0 unspecified atom stereocenters. The van der Waals surface area contributed by atoms with Gasteiger partial charge in [-0.15, -0.1) is 0 Å². The molecule has 0 saturated carbocycles. The molecule has 1 heterocycles. The van der Waals surface area contributed by atoms with Gasteiger partial charge in [0.05, 0.1) is 20.6 Å². The third kappa shape index (κ3) is 4.16. The van der Waals surface area contributed by atoms with E-state index in [0.29, 0.717) is 17.9 Å². The Morgan fingerprint density at radius 3 is 2.78 bits per heavy atom. The van der Waals surface area contributed by atoms with Gasteiger partial charge < -0.3 is 19.4 Å². The quantitative estimate of drug-likeness (QED) is 0.561. The van der Waals surface area contributed by atoms with E-state index in [1.54, 1.807) is 6.92 Å². The zero-order valence-electron chi connectivity index (χ0n) is 16.6. The van der Waals surface area contributed by atoms with Crippen LogP contribution in [0.5, 0.6) is 5.75 Å². The van der Waals surface area contributed by atoms with Crippen LogP contribution in [-0.4, -0.2) is 39.2 Å². The van der Waals surface area contributed by atoms with Crippen molar-refractivity contribution in [3.05, 3.63) is 39.2 Å². The standard InChI is InChI=1S/C21H28N2O4/c1-13-18(26-14(2)20(24)22-11-6-12-23(3)4)10-9-16-15-7-5-8-17(15)21(25)27-19(13)16/h9-10,14H,5-8,11-12H2,1-4H3,(H,22,24)/p+1/t14-/m1/s1. The molecule has 0 aliphatic heterocycles. The first-order valence-electron chi connectivity index (χ1n) is 9.70. The molecule has 6 heteroatoms. The normalized spacial score (nSPS) is 14.4. The molecule has 1 aromatic carbocycles. The predicted octanol–water partition coefficient (Wildman–Crippen LogP) is 1.01. The minimum absolute atomic E-state index is 0.140. The first-order chi connectivity index (χ1) is 12.9. The van der Waals surface area contributed by atoms with E-state index in [2.05, 4.69) is 19.4 Å². The van der Waals surface area contributed by atoms with E-state index >= 15 is 0 Å². The summed E-state index contributed by atoms with van der Waals surface area (Å²) in [6.45, 7) is 5.24. The average molecular weight is 373 g/mol. The number of carbonyl (C=O) groups excluding carboxylic acids is 1. The minimum atomic E-state index is -0.617. The van der Waals surface area contributed by atoms with Gasteiger partial charge in [0.1, 0.15) is 11.3 Å². The number of aryl methyl sites for hydroxylation is 2. The zero-order valence-corrected chi connectivity index (χ0v) is 16.6. The molecule has 0 bridgehead atoms. The van der Waals surface area contributed by atoms with Crippen molar-refractivity contribution < 1.29 is 18.8 Å². The number of benzene rings is 1. The fourth-order valence-electron chi connectivity index (χ4n) is 3.63. The lowest BCUT2D eigenvalue weighted by Gasteiger charge is -2.17. The van der Waals surface area contributed by atoms with Crippen LogP contribution in [0.2, 0.25) is 0 Å². The summed E-state index contributed by atoms with van der Waals surface area (Å²) in [6, 6.07) is 3.81. The maximum absolute atomic E-state index is 12.3. The first-order valence-corrected chi connectivity index (χ1v) is 9.70. The van der Waals surface area contributed by atoms with Gasteiger partial charge >= 0.3 is 5.63 Å². The average Bonchev–Trinajstić information content (AvgIpc) is 3.12. The van der Waals surface area contributed by atoms with Crippen LogP contribution in [0, 0.1) is 6.92 Å². The van der Waals surface area contributed by atoms with Crippen molar-refractivity contribution in [2.45, 2.75) is 45.6 Å². The molecule has 1 aliphatic rings. The van der Waals surface area contributed by atoms with E-state index in [9.17, 15) is 9.59 Å². The summed E-state index contributed by atoms with van der Waals surface area (Å²) >= 11 is 0. The molecule has 1 atom stereocenters. The van der Waals surface area contributed by atoms with Gasteiger partial charge in [-0.3, -0.25) is 4.79 Å². The Morgan fingerprint density at radius 2 is 2.04 bits per heavy atom. The summed E-state index contributed by atoms with van der Waals surface area (Å²) < 4.78 is 11.5. The fourth-order valence-corrected chi connectivity index (χ4v) is 3.63. The molecule has 1 aliphatic carbocycles. The molecule has 2 aromatic rings. The van der Waals surface area contributed by atoms with E-state index in [1.807, 2.05) is 19.1 Å². The van der Waals surface area contributed by atoms with Crippen molar-refractivity contribution in [2.75, 3.05) is 27.2 Å². The second-order valence-electron chi connectivity index (χ2n) is 7.63. The van der Waals surface area contributed by atoms with Crippen LogP contribution >= 0.6 is 0 Å². The fraction of sp³-hybridized carbons (Fsp3) is 0.524. The molecule has 27 heavy (non-hydrogen) atoms. The summed E-state index contributed by atoms with van der Waals surface area (Å²) in [5.41, 5.74) is 2.99. The molecular formula is C21H29N2O4+. The number of rotatable bonds is 7. The lowest BCUT2D eigenvalue weighted by atomic mass is 10.0. The number of quaternary nitrogens is 1. The van der Waals surface area contributed by atoms with Crippen molar-refractivity contribution in [3.8, 4) is 5.75 Å². The molecule has 2 N–H and O–H groups in total. The molecular weight excluding hydrogens is 344 g/mol. The van der Waals surface area contributed by atoms with Gasteiger partial charge in [-0.2, -0.15) is 0 Å². The van der Waals surface area contributed by atoms with Gasteiger partial charge in [0.25, 0.3) is 5.91 Å². The molecule has 146 valence electrons. The van der Waals surface area contributed by atoms with E-state index in [1.165, 1.54) is 4.90 Å². The van der Waals surface area contributed by atoms with Gasteiger partial charge in [-0.05, 0) is 50.8 Å². The number of nitrogens with one attached hydrogen (secondary N) is 2. The van der Waals surface area contributed by atoms with Crippen LogP contribution in [0.4, 0.5) is 0 Å². The van der Waals surface area contributed by atoms with Gasteiger partial charge in [-0.25, -0.2) is 4.79 Å². The van der Waals surface area contributed by atoms with E-state index in [0.717, 1.165) is 54.3 Å². The number of hydrogen-bond donors (Lipinski definition) is 2. The Bertz CT molecular complexity index is 901. The van der Waals surface area contributed by atoms with Crippen molar-refractivity contribution >= 4 is 16.9 Å². The zero-order chi connectivity index (χ0) is 19.6. The lowest BCUT2D eigenvalue weighted by Crippen LogP contribution is -3.05. The summed E-state index contributed by atoms with van der Waals surface area (Å²) in [5.74, 6) is 0.433. The Labute approximate surface area is 159 Å². The Kier molecular flexibility index (Phi) is 5.85. The van der Waals surface area contributed by atoms with Gasteiger partial charge in [0.2, 0.25) is 0 Å². The molecule has 0 spiro atoms. The number of carbonyl (C=O) groups is 1. The molecule has 1 aromatic heterocycles. The Balaban J connectivity index is 1.74. The summed E-state index contributed by atoms with van der Waals surface area (Å²) in [6.07, 6.45) is 2.99. The van der Waals surface area contributed by atoms with Crippen molar-refractivity contribution in [1.82, 2.24) is 5.32 Å². The number of fused-ring (bicyclic) bond motifs is 3. The van der Waals surface area contributed by atoms with Crippen LogP contribution < -0.4 is 20.6 Å². The summed E-state index contributed by atoms with van der Waals surface area (Å²) in [7, 11) is 4.17. The smallest absolute Gasteiger partial charge is 0.339 e. The molecule has 0 radical (unpaired) electrons. The second-order valence-corrected chi connectivity index (χ2v) is 7.63. The number of amides is 1. The molecule has 0 saturated heterocycles. The predicted molar refractivity (Wildman–Crippen MR) is 105 cm³/mol. The summed E-state index contributed by atoms with van der Waals surface area (Å²) in [4.78, 5) is 25.9. The first kappa shape index (κ1) is 19.4. The highest BCUT2D eigenvalue weighted by Crippen LogP contribution is 2.33. The highest BCUT2D eigenvalue weighted by Gasteiger charge is 2.22. The highest BCUT2D eigenvalue weighted by molar-refractivity contribution is 5.86. The van der Waals surface area contributed by atoms with E-state index < -0.39 is 6.10 Å². The topological polar surface area (TPSA) is 73.0 Å². The highest BCUT2D eigenvalue weighted by atomic mass is 16.5. The Hall–Kier alpha value is -2.34. The van der Waals surface area contributed by atoms with Crippen LogP contribution in [0.25, 0.3) is 11.0 Å². The minimum Gasteiger partial charge on any atom is -0.480 e. The van der Waals surface area contributed by atoms with Crippen molar-refractivity contribution in [2.24, 2.45) is 0 Å². The van der Waals surface area contributed by atoms with E-state index in [4.69, 9.17) is 9.15 Å². The van der Waals surface area contributed by atoms with Crippen LogP contribution in [0.1, 0.15) is 36.5 Å². The largest absolute Gasteiger partial charge is 0.480 e. The Morgan fingerprint density at radius 1 is 1.30 bits per heavy atom. The maximum atomic E-state index is 12.3. The third-order valence-corrected chi connectivity index (χ3v) is 5.17. The molecule has 6 nitrogen and oxygen atoms in total. The van der Waals surface area contributed by atoms with Gasteiger partial charge in [0, 0.05) is 29.5 Å². The van der Waals surface area contributed by atoms with Gasteiger partial charge in [0.15, 0.2) is 6.10 Å². The van der Waals surface area contributed by atoms with Crippen LogP contribution in [-0.2, 0) is 17.6 Å². The van der Waals surface area contributed by atoms with Crippen molar-refractivity contribution in [1.29, 1.82) is 0 Å². The third-order valence-electron chi connectivity index (χ3n) is 5.17. The number of hydrogen-bond acceptors (Lipinski definition) is 4. The molecule has 0 fully saturated rings. The molecule has 1 amide bonds. The van der Waals surface area contributed by atoms with Crippen LogP contribution in [0.3, 0.4) is 0 Å². The van der Waals surface area contributed by atoms with Gasteiger partial charge in [-0.1, -0.05) is 0 Å². The van der Waals surface area contributed by atoms with E-state index in [-0.39, 0.29) is 11.5 Å². The maximum Gasteiger partial charge on any atom is 0.339 e. The SMILES string of the molecule is Cc1c(O[C@H](C)C(=O)NCCC[NH+](C)C)ccc2c3c(c(=O)oc12)CCC3. The number of ether oxygens (including phenoxy) is 1. The monoisotopic (exact) mass is 373 g/mol. The lowest BCUT2D eigenvalue weighted by molar-refractivity contribution is -0.858. The second kappa shape index (κ2) is 8.13. The van der Waals surface area contributed by atoms with Crippen molar-refractivity contribution in [3.63, 3.8) is 0 Å². The molecule has 3 rings (SSSR count). The van der Waals surface area contributed by atoms with Crippen LogP contribution in [0.15, 0.2) is 21.3 Å². The summed E-state index contributed by atoms with van der Waals surface area (Å²) in [5, 5.41) is 3.89.